The second kappa shape index (κ2) is 5.08. The Morgan fingerprint density at radius 2 is 2.17 bits per heavy atom. The van der Waals surface area contributed by atoms with E-state index >= 15 is 0 Å². The van der Waals surface area contributed by atoms with Gasteiger partial charge in [0, 0.05) is 23.3 Å². The van der Waals surface area contributed by atoms with Crippen molar-refractivity contribution in [2.75, 3.05) is 24.7 Å². The van der Waals surface area contributed by atoms with Gasteiger partial charge in [-0.15, -0.1) is 0 Å². The second-order valence-corrected chi connectivity index (χ2v) is 5.92. The van der Waals surface area contributed by atoms with Gasteiger partial charge in [-0.25, -0.2) is 0 Å². The highest BCUT2D eigenvalue weighted by molar-refractivity contribution is 6.31. The predicted molar refractivity (Wildman–Crippen MR) is 76.3 cm³/mol. The smallest absolute Gasteiger partial charge is 0.0694 e. The Bertz CT molecular complexity index is 432. The maximum absolute atomic E-state index is 6.30. The molecular weight excluding hydrogens is 248 g/mol. The minimum Gasteiger partial charge on any atom is -0.377 e. The van der Waals surface area contributed by atoms with Gasteiger partial charge >= 0.3 is 0 Å². The van der Waals surface area contributed by atoms with E-state index in [9.17, 15) is 0 Å². The number of anilines is 1. The van der Waals surface area contributed by atoms with Crippen LogP contribution in [-0.2, 0) is 4.74 Å². The van der Waals surface area contributed by atoms with Gasteiger partial charge < -0.3 is 15.4 Å². The van der Waals surface area contributed by atoms with Crippen molar-refractivity contribution in [2.24, 2.45) is 5.73 Å². The minimum atomic E-state index is -0.0377. The van der Waals surface area contributed by atoms with Crippen LogP contribution in [0.5, 0.6) is 0 Å². The van der Waals surface area contributed by atoms with Crippen LogP contribution < -0.4 is 10.6 Å². The highest BCUT2D eigenvalue weighted by Gasteiger charge is 2.30. The van der Waals surface area contributed by atoms with E-state index in [1.54, 1.807) is 0 Å². The molecule has 2 N–H and O–H groups in total. The summed E-state index contributed by atoms with van der Waals surface area (Å²) in [6.07, 6.45) is 0. The van der Waals surface area contributed by atoms with E-state index in [0.29, 0.717) is 0 Å². The summed E-state index contributed by atoms with van der Waals surface area (Å²) in [6.45, 7) is 8.69. The number of nitrogens with two attached hydrogens (primary N) is 1. The fraction of sp³-hybridized carbons (Fsp3) is 0.571. The van der Waals surface area contributed by atoms with Gasteiger partial charge in [-0.2, -0.15) is 0 Å². The quantitative estimate of drug-likeness (QED) is 0.896. The summed E-state index contributed by atoms with van der Waals surface area (Å²) in [5, 5.41) is 0.741. The number of ether oxygens (including phenoxy) is 1. The molecule has 1 saturated heterocycles. The Balaban J connectivity index is 2.31. The Labute approximate surface area is 114 Å². The van der Waals surface area contributed by atoms with Crippen molar-refractivity contribution in [3.63, 3.8) is 0 Å². The average molecular weight is 269 g/mol. The Morgan fingerprint density at radius 3 is 2.72 bits per heavy atom. The molecule has 0 bridgehead atoms. The van der Waals surface area contributed by atoms with E-state index in [2.05, 4.69) is 24.8 Å². The largest absolute Gasteiger partial charge is 0.377 e. The van der Waals surface area contributed by atoms with Gasteiger partial charge in [0.05, 0.1) is 18.8 Å². The SMILES string of the molecule is CC(N)c1ccc(N2CCOCC2(C)C)cc1Cl. The zero-order valence-electron chi connectivity index (χ0n) is 11.2. The average Bonchev–Trinajstić information content (AvgIpc) is 2.27. The first-order chi connectivity index (χ1) is 8.42. The Hall–Kier alpha value is -0.770. The van der Waals surface area contributed by atoms with Gasteiger partial charge in [0.1, 0.15) is 0 Å². The van der Waals surface area contributed by atoms with Crippen LogP contribution in [0.1, 0.15) is 32.4 Å². The Kier molecular flexibility index (Phi) is 3.85. The molecule has 1 aliphatic heterocycles. The molecule has 0 spiro atoms. The third-order valence-corrected chi connectivity index (χ3v) is 3.76. The first-order valence-corrected chi connectivity index (χ1v) is 6.70. The number of benzene rings is 1. The summed E-state index contributed by atoms with van der Waals surface area (Å²) in [5.74, 6) is 0. The normalized spacial score (nSPS) is 20.8. The van der Waals surface area contributed by atoms with Crippen LogP contribution in [0.15, 0.2) is 18.2 Å². The molecule has 18 heavy (non-hydrogen) atoms. The molecule has 1 aromatic rings. The third-order valence-electron chi connectivity index (χ3n) is 3.43. The van der Waals surface area contributed by atoms with Crippen LogP contribution >= 0.6 is 11.6 Å². The zero-order chi connectivity index (χ0) is 13.3. The molecule has 0 aliphatic carbocycles. The molecule has 1 aromatic carbocycles. The number of hydrogen-bond acceptors (Lipinski definition) is 3. The van der Waals surface area contributed by atoms with Crippen LogP contribution in [0.4, 0.5) is 5.69 Å². The standard InChI is InChI=1S/C14H21ClN2O/c1-10(16)12-5-4-11(8-13(12)15)17-6-7-18-9-14(17,2)3/h4-5,8,10H,6-7,9,16H2,1-3H3. The van der Waals surface area contributed by atoms with E-state index in [-0.39, 0.29) is 11.6 Å². The fourth-order valence-electron chi connectivity index (χ4n) is 2.39. The van der Waals surface area contributed by atoms with Crippen LogP contribution in [-0.4, -0.2) is 25.3 Å². The van der Waals surface area contributed by atoms with E-state index in [4.69, 9.17) is 22.1 Å². The fourth-order valence-corrected chi connectivity index (χ4v) is 2.74. The van der Waals surface area contributed by atoms with Gasteiger partial charge in [-0.05, 0) is 38.5 Å². The minimum absolute atomic E-state index is 0.00255. The summed E-state index contributed by atoms with van der Waals surface area (Å²) >= 11 is 6.30. The van der Waals surface area contributed by atoms with Gasteiger partial charge in [0.15, 0.2) is 0 Å². The third kappa shape index (κ3) is 2.63. The molecule has 3 nitrogen and oxygen atoms in total. The summed E-state index contributed by atoms with van der Waals surface area (Å²) in [6, 6.07) is 6.09. The number of halogens is 1. The lowest BCUT2D eigenvalue weighted by Crippen LogP contribution is -2.53. The number of nitrogens with zero attached hydrogens (tertiary/aromatic N) is 1. The Morgan fingerprint density at radius 1 is 1.44 bits per heavy atom. The van der Waals surface area contributed by atoms with E-state index in [1.807, 2.05) is 19.1 Å². The van der Waals surface area contributed by atoms with Crippen molar-refractivity contribution in [1.82, 2.24) is 0 Å². The molecular formula is C14H21ClN2O. The lowest BCUT2D eigenvalue weighted by Gasteiger charge is -2.44. The first kappa shape index (κ1) is 13.7. The molecule has 1 aliphatic rings. The molecule has 2 rings (SSSR count). The molecule has 1 heterocycles. The monoisotopic (exact) mass is 268 g/mol. The molecule has 1 fully saturated rings. The molecule has 1 atom stereocenters. The topological polar surface area (TPSA) is 38.5 Å². The van der Waals surface area contributed by atoms with Crippen molar-refractivity contribution in [3.8, 4) is 0 Å². The molecule has 1 unspecified atom stereocenters. The second-order valence-electron chi connectivity index (χ2n) is 5.51. The molecule has 100 valence electrons. The lowest BCUT2D eigenvalue weighted by molar-refractivity contribution is 0.0644. The van der Waals surface area contributed by atoms with Gasteiger partial charge in [0.25, 0.3) is 0 Å². The van der Waals surface area contributed by atoms with Crippen molar-refractivity contribution < 1.29 is 4.74 Å². The maximum Gasteiger partial charge on any atom is 0.0694 e. The van der Waals surface area contributed by atoms with Crippen molar-refractivity contribution in [2.45, 2.75) is 32.4 Å². The molecule has 0 saturated carbocycles. The van der Waals surface area contributed by atoms with Crippen LogP contribution in [0.25, 0.3) is 0 Å². The molecule has 0 amide bonds. The molecule has 4 heteroatoms. The zero-order valence-corrected chi connectivity index (χ0v) is 12.0. The maximum atomic E-state index is 6.30. The van der Waals surface area contributed by atoms with E-state index in [1.165, 1.54) is 0 Å². The van der Waals surface area contributed by atoms with Crippen LogP contribution in [0.3, 0.4) is 0 Å². The predicted octanol–water partition coefficient (Wildman–Crippen LogP) is 2.97. The van der Waals surface area contributed by atoms with Crippen molar-refractivity contribution in [1.29, 1.82) is 0 Å². The summed E-state index contributed by atoms with van der Waals surface area (Å²) in [5.41, 5.74) is 8.00. The summed E-state index contributed by atoms with van der Waals surface area (Å²) in [7, 11) is 0. The van der Waals surface area contributed by atoms with E-state index < -0.39 is 0 Å². The number of rotatable bonds is 2. The first-order valence-electron chi connectivity index (χ1n) is 6.32. The number of morpholine rings is 1. The van der Waals surface area contributed by atoms with Crippen molar-refractivity contribution in [3.05, 3.63) is 28.8 Å². The van der Waals surface area contributed by atoms with Crippen LogP contribution in [0, 0.1) is 0 Å². The van der Waals surface area contributed by atoms with Gasteiger partial charge in [-0.1, -0.05) is 17.7 Å². The number of hydrogen-bond donors (Lipinski definition) is 1. The van der Waals surface area contributed by atoms with Crippen molar-refractivity contribution >= 4 is 17.3 Å². The molecule has 0 aromatic heterocycles. The van der Waals surface area contributed by atoms with Crippen LogP contribution in [0.2, 0.25) is 5.02 Å². The van der Waals surface area contributed by atoms with Gasteiger partial charge in [-0.3, -0.25) is 0 Å². The molecule has 0 radical (unpaired) electrons. The highest BCUT2D eigenvalue weighted by Crippen LogP contribution is 2.31. The lowest BCUT2D eigenvalue weighted by atomic mass is 10.0. The summed E-state index contributed by atoms with van der Waals surface area (Å²) < 4.78 is 5.53. The van der Waals surface area contributed by atoms with E-state index in [0.717, 1.165) is 36.0 Å². The van der Waals surface area contributed by atoms with Gasteiger partial charge in [0.2, 0.25) is 0 Å². The summed E-state index contributed by atoms with van der Waals surface area (Å²) in [4.78, 5) is 2.34. The highest BCUT2D eigenvalue weighted by atomic mass is 35.5.